The lowest BCUT2D eigenvalue weighted by atomic mass is 10.0. The molecule has 5 nitrogen and oxygen atoms in total. The van der Waals surface area contributed by atoms with Gasteiger partial charge in [0.05, 0.1) is 6.61 Å². The summed E-state index contributed by atoms with van der Waals surface area (Å²) in [4.78, 5) is 11.6. The van der Waals surface area contributed by atoms with E-state index in [4.69, 9.17) is 9.47 Å². The van der Waals surface area contributed by atoms with Gasteiger partial charge < -0.3 is 20.1 Å². The van der Waals surface area contributed by atoms with Gasteiger partial charge in [0.2, 0.25) is 0 Å². The van der Waals surface area contributed by atoms with Crippen LogP contribution in [-0.2, 0) is 9.47 Å². The van der Waals surface area contributed by atoms with Gasteiger partial charge in [-0.25, -0.2) is 4.79 Å². The predicted octanol–water partition coefficient (Wildman–Crippen LogP) is 1.92. The van der Waals surface area contributed by atoms with E-state index in [1.807, 2.05) is 20.8 Å². The first-order valence-corrected chi connectivity index (χ1v) is 6.98. The van der Waals surface area contributed by atoms with Gasteiger partial charge in [0.1, 0.15) is 5.60 Å². The van der Waals surface area contributed by atoms with E-state index in [1.165, 1.54) is 0 Å². The Morgan fingerprint density at radius 1 is 1.32 bits per heavy atom. The van der Waals surface area contributed by atoms with Gasteiger partial charge in [-0.05, 0) is 47.0 Å². The minimum atomic E-state index is -0.456. The third-order valence-corrected chi connectivity index (χ3v) is 2.97. The Labute approximate surface area is 116 Å². The van der Waals surface area contributed by atoms with E-state index in [0.29, 0.717) is 12.5 Å². The Bertz CT molecular complexity index is 292. The molecule has 1 atom stereocenters. The van der Waals surface area contributed by atoms with Crippen LogP contribution < -0.4 is 10.6 Å². The molecule has 0 spiro atoms. The highest BCUT2D eigenvalue weighted by Gasteiger charge is 2.23. The zero-order valence-electron chi connectivity index (χ0n) is 12.8. The second-order valence-corrected chi connectivity index (χ2v) is 6.85. The molecular weight excluding hydrogens is 244 g/mol. The zero-order valence-corrected chi connectivity index (χ0v) is 12.8. The fraction of sp³-hybridized carbons (Fsp3) is 0.929. The van der Waals surface area contributed by atoms with Crippen LogP contribution in [0.4, 0.5) is 4.79 Å². The Kier molecular flexibility index (Phi) is 5.62. The SMILES string of the molecule is CC(C)(CNC(=O)OC(C)(C)C)NCC1CCOC1. The van der Waals surface area contributed by atoms with E-state index < -0.39 is 5.60 Å². The average Bonchev–Trinajstić information content (AvgIpc) is 2.74. The van der Waals surface area contributed by atoms with Gasteiger partial charge in [-0.15, -0.1) is 0 Å². The predicted molar refractivity (Wildman–Crippen MR) is 75.2 cm³/mol. The summed E-state index contributed by atoms with van der Waals surface area (Å²) in [6.07, 6.45) is 0.745. The molecule has 1 unspecified atom stereocenters. The Balaban J connectivity index is 2.23. The number of hydrogen-bond donors (Lipinski definition) is 2. The van der Waals surface area contributed by atoms with Gasteiger partial charge in [0.25, 0.3) is 0 Å². The third-order valence-electron chi connectivity index (χ3n) is 2.97. The molecule has 5 heteroatoms. The molecule has 0 radical (unpaired) electrons. The number of rotatable bonds is 5. The lowest BCUT2D eigenvalue weighted by Crippen LogP contribution is -2.51. The molecular formula is C14H28N2O3. The van der Waals surface area contributed by atoms with Crippen molar-refractivity contribution in [3.05, 3.63) is 0 Å². The van der Waals surface area contributed by atoms with Crippen molar-refractivity contribution >= 4 is 6.09 Å². The summed E-state index contributed by atoms with van der Waals surface area (Å²) in [5.74, 6) is 0.584. The quantitative estimate of drug-likeness (QED) is 0.802. The molecule has 0 aromatic carbocycles. The van der Waals surface area contributed by atoms with E-state index >= 15 is 0 Å². The van der Waals surface area contributed by atoms with Crippen LogP contribution in [0, 0.1) is 5.92 Å². The fourth-order valence-corrected chi connectivity index (χ4v) is 1.83. The van der Waals surface area contributed by atoms with Crippen LogP contribution >= 0.6 is 0 Å². The van der Waals surface area contributed by atoms with Crippen molar-refractivity contribution in [2.45, 2.75) is 52.2 Å². The molecule has 1 saturated heterocycles. The number of nitrogens with one attached hydrogen (secondary N) is 2. The van der Waals surface area contributed by atoms with E-state index in [9.17, 15) is 4.79 Å². The summed E-state index contributed by atoms with van der Waals surface area (Å²) < 4.78 is 10.6. The van der Waals surface area contributed by atoms with Crippen LogP contribution in [0.2, 0.25) is 0 Å². The maximum atomic E-state index is 11.6. The number of alkyl carbamates (subject to hydrolysis) is 1. The lowest BCUT2D eigenvalue weighted by Gasteiger charge is -2.29. The topological polar surface area (TPSA) is 59.6 Å². The van der Waals surface area contributed by atoms with Gasteiger partial charge in [-0.1, -0.05) is 0 Å². The number of amides is 1. The molecule has 1 aliphatic rings. The van der Waals surface area contributed by atoms with Crippen molar-refractivity contribution < 1.29 is 14.3 Å². The zero-order chi connectivity index (χ0) is 14.5. The first-order chi connectivity index (χ1) is 8.68. The molecule has 1 amide bonds. The maximum absolute atomic E-state index is 11.6. The average molecular weight is 272 g/mol. The third kappa shape index (κ3) is 7.38. The largest absolute Gasteiger partial charge is 0.444 e. The Morgan fingerprint density at radius 2 is 2.00 bits per heavy atom. The van der Waals surface area contributed by atoms with Crippen LogP contribution in [0.3, 0.4) is 0 Å². The summed E-state index contributed by atoms with van der Waals surface area (Å²) in [6.45, 7) is 12.9. The summed E-state index contributed by atoms with van der Waals surface area (Å²) in [5, 5.41) is 6.27. The van der Waals surface area contributed by atoms with Crippen LogP contribution in [0.5, 0.6) is 0 Å². The van der Waals surface area contributed by atoms with Crippen molar-refractivity contribution in [2.24, 2.45) is 5.92 Å². The Morgan fingerprint density at radius 3 is 2.53 bits per heavy atom. The van der Waals surface area contributed by atoms with Crippen LogP contribution in [0.15, 0.2) is 0 Å². The molecule has 19 heavy (non-hydrogen) atoms. The fourth-order valence-electron chi connectivity index (χ4n) is 1.83. The number of ether oxygens (including phenoxy) is 2. The molecule has 0 saturated carbocycles. The molecule has 0 aromatic rings. The Hall–Kier alpha value is -0.810. The van der Waals surface area contributed by atoms with E-state index in [2.05, 4.69) is 24.5 Å². The van der Waals surface area contributed by atoms with Crippen LogP contribution in [0.25, 0.3) is 0 Å². The van der Waals surface area contributed by atoms with Crippen molar-refractivity contribution in [2.75, 3.05) is 26.3 Å². The minimum Gasteiger partial charge on any atom is -0.444 e. The molecule has 1 fully saturated rings. The highest BCUT2D eigenvalue weighted by molar-refractivity contribution is 5.67. The smallest absolute Gasteiger partial charge is 0.407 e. The van der Waals surface area contributed by atoms with Gasteiger partial charge >= 0.3 is 6.09 Å². The maximum Gasteiger partial charge on any atom is 0.407 e. The molecule has 2 N–H and O–H groups in total. The molecule has 1 rings (SSSR count). The van der Waals surface area contributed by atoms with Crippen LogP contribution in [0.1, 0.15) is 41.0 Å². The van der Waals surface area contributed by atoms with Crippen molar-refractivity contribution in [1.82, 2.24) is 10.6 Å². The first kappa shape index (κ1) is 16.2. The normalized spacial score (nSPS) is 20.4. The van der Waals surface area contributed by atoms with E-state index in [1.54, 1.807) is 0 Å². The molecule has 0 bridgehead atoms. The van der Waals surface area contributed by atoms with Crippen molar-refractivity contribution in [1.29, 1.82) is 0 Å². The second-order valence-electron chi connectivity index (χ2n) is 6.85. The number of hydrogen-bond acceptors (Lipinski definition) is 4. The lowest BCUT2D eigenvalue weighted by molar-refractivity contribution is 0.0513. The van der Waals surface area contributed by atoms with Gasteiger partial charge in [0, 0.05) is 25.2 Å². The summed E-state index contributed by atoms with van der Waals surface area (Å²) in [7, 11) is 0. The minimum absolute atomic E-state index is 0.153. The summed E-state index contributed by atoms with van der Waals surface area (Å²) in [5.41, 5.74) is -0.609. The molecule has 0 aliphatic carbocycles. The van der Waals surface area contributed by atoms with Gasteiger partial charge in [-0.2, -0.15) is 0 Å². The van der Waals surface area contributed by atoms with E-state index in [0.717, 1.165) is 26.2 Å². The standard InChI is InChI=1S/C14H28N2O3/c1-13(2,3)19-12(17)15-10-14(4,5)16-8-11-6-7-18-9-11/h11,16H,6-10H2,1-5H3,(H,15,17). The summed E-state index contributed by atoms with van der Waals surface area (Å²) >= 11 is 0. The molecule has 112 valence electrons. The molecule has 1 heterocycles. The molecule has 1 aliphatic heterocycles. The first-order valence-electron chi connectivity index (χ1n) is 6.98. The van der Waals surface area contributed by atoms with E-state index in [-0.39, 0.29) is 11.6 Å². The number of carbonyl (C=O) groups excluding carboxylic acids is 1. The monoisotopic (exact) mass is 272 g/mol. The van der Waals surface area contributed by atoms with Gasteiger partial charge in [0.15, 0.2) is 0 Å². The van der Waals surface area contributed by atoms with Crippen molar-refractivity contribution in [3.8, 4) is 0 Å². The number of carbonyl (C=O) groups is 1. The summed E-state index contributed by atoms with van der Waals surface area (Å²) in [6, 6.07) is 0. The molecule has 0 aromatic heterocycles. The van der Waals surface area contributed by atoms with Gasteiger partial charge in [-0.3, -0.25) is 0 Å². The second kappa shape index (κ2) is 6.57. The highest BCUT2D eigenvalue weighted by atomic mass is 16.6. The highest BCUT2D eigenvalue weighted by Crippen LogP contribution is 2.12. The van der Waals surface area contributed by atoms with Crippen molar-refractivity contribution in [3.63, 3.8) is 0 Å². The van der Waals surface area contributed by atoms with Crippen LogP contribution in [-0.4, -0.2) is 43.5 Å².